The second kappa shape index (κ2) is 16.8. The van der Waals surface area contributed by atoms with E-state index in [1.807, 2.05) is 32.0 Å². The quantitative estimate of drug-likeness (QED) is 0.141. The molecule has 1 aromatic heterocycles. The lowest BCUT2D eigenvalue weighted by atomic mass is 9.99. The number of benzene rings is 3. The molecule has 0 spiro atoms. The van der Waals surface area contributed by atoms with E-state index in [0.29, 0.717) is 30.8 Å². The van der Waals surface area contributed by atoms with E-state index in [1.54, 1.807) is 17.0 Å². The van der Waals surface area contributed by atoms with Crippen molar-refractivity contribution in [2.24, 2.45) is 0 Å². The summed E-state index contributed by atoms with van der Waals surface area (Å²) in [7, 11) is 0. The molecule has 4 rings (SSSR count). The lowest BCUT2D eigenvalue weighted by Gasteiger charge is -2.25. The zero-order chi connectivity index (χ0) is 33.1. The molecule has 3 N–H and O–H groups in total. The number of oxazole rings is 1. The average Bonchev–Trinajstić information content (AvgIpc) is 3.59. The van der Waals surface area contributed by atoms with Crippen LogP contribution in [0.1, 0.15) is 71.0 Å². The monoisotopic (exact) mass is 632 g/mol. The molecule has 1 heterocycles. The molecule has 46 heavy (non-hydrogen) atoms. The normalized spacial score (nSPS) is 12.5. The summed E-state index contributed by atoms with van der Waals surface area (Å²) >= 11 is 0. The van der Waals surface area contributed by atoms with Gasteiger partial charge in [-0.15, -0.1) is 0 Å². The second-order valence-corrected chi connectivity index (χ2v) is 11.4. The lowest BCUT2D eigenvalue weighted by Crippen LogP contribution is -2.48. The highest BCUT2D eigenvalue weighted by Gasteiger charge is 2.25. The van der Waals surface area contributed by atoms with Crippen LogP contribution in [0.3, 0.4) is 0 Å². The van der Waals surface area contributed by atoms with Gasteiger partial charge in [0.1, 0.15) is 17.9 Å². The Hall–Kier alpha value is -4.41. The largest absolute Gasteiger partial charge is 0.445 e. The summed E-state index contributed by atoms with van der Waals surface area (Å²) < 4.78 is 33.6. The van der Waals surface area contributed by atoms with Crippen molar-refractivity contribution < 1.29 is 27.9 Å². The smallest absolute Gasteiger partial charge is 0.253 e. The van der Waals surface area contributed by atoms with Crippen LogP contribution in [0.5, 0.6) is 0 Å². The molecular weight excluding hydrogens is 590 g/mol. The highest BCUT2D eigenvalue weighted by atomic mass is 19.1. The van der Waals surface area contributed by atoms with Crippen LogP contribution >= 0.6 is 0 Å². The molecule has 244 valence electrons. The topological polar surface area (TPSA) is 108 Å². The summed E-state index contributed by atoms with van der Waals surface area (Å²) in [6, 6.07) is 15.0. The van der Waals surface area contributed by atoms with Crippen LogP contribution in [-0.2, 0) is 19.4 Å². The molecule has 0 saturated carbocycles. The molecule has 0 bridgehead atoms. The van der Waals surface area contributed by atoms with Crippen LogP contribution in [0.4, 0.5) is 8.78 Å². The molecule has 10 heteroatoms. The van der Waals surface area contributed by atoms with E-state index in [1.165, 1.54) is 36.2 Å². The summed E-state index contributed by atoms with van der Waals surface area (Å²) in [6.07, 6.45) is 4.16. The van der Waals surface area contributed by atoms with E-state index >= 15 is 0 Å². The van der Waals surface area contributed by atoms with E-state index in [9.17, 15) is 23.5 Å². The SMILES string of the molecule is CCCN(CCC)C(=O)c1cc(C(=O)N[C@@H](Cc2cc(F)cc(F)c2)[C@H](O)CNCc2cccc(CC)c2)cc(-c2ncco2)c1. The van der Waals surface area contributed by atoms with Crippen LogP contribution in [-0.4, -0.2) is 58.6 Å². The molecule has 2 atom stereocenters. The van der Waals surface area contributed by atoms with E-state index in [0.717, 1.165) is 30.9 Å². The molecule has 0 aliphatic carbocycles. The van der Waals surface area contributed by atoms with Gasteiger partial charge in [0.2, 0.25) is 5.89 Å². The molecule has 0 aliphatic heterocycles. The van der Waals surface area contributed by atoms with Crippen molar-refractivity contribution in [3.05, 3.63) is 113 Å². The third-order valence-corrected chi connectivity index (χ3v) is 7.64. The molecule has 0 saturated heterocycles. The van der Waals surface area contributed by atoms with Gasteiger partial charge in [0.05, 0.1) is 18.3 Å². The summed E-state index contributed by atoms with van der Waals surface area (Å²) in [4.78, 5) is 33.3. The van der Waals surface area contributed by atoms with Crippen molar-refractivity contribution in [3.63, 3.8) is 0 Å². The zero-order valence-electron chi connectivity index (χ0n) is 26.6. The number of rotatable bonds is 16. The van der Waals surface area contributed by atoms with Gasteiger partial charge in [-0.1, -0.05) is 45.0 Å². The van der Waals surface area contributed by atoms with Gasteiger partial charge in [0.25, 0.3) is 11.8 Å². The third-order valence-electron chi connectivity index (χ3n) is 7.64. The Balaban J connectivity index is 1.60. The Kier molecular flexibility index (Phi) is 12.6. The van der Waals surface area contributed by atoms with Crippen LogP contribution < -0.4 is 10.6 Å². The van der Waals surface area contributed by atoms with Crippen molar-refractivity contribution in [2.45, 2.75) is 65.1 Å². The molecular formula is C36H42F2N4O4. The fourth-order valence-electron chi connectivity index (χ4n) is 5.39. The first-order valence-electron chi connectivity index (χ1n) is 15.8. The number of carbonyl (C=O) groups is 2. The third kappa shape index (κ3) is 9.55. The maximum atomic E-state index is 14.1. The Morgan fingerprint density at radius 2 is 1.61 bits per heavy atom. The van der Waals surface area contributed by atoms with Crippen molar-refractivity contribution in [1.29, 1.82) is 0 Å². The van der Waals surface area contributed by atoms with E-state index in [2.05, 4.69) is 28.6 Å². The van der Waals surface area contributed by atoms with Gasteiger partial charge < -0.3 is 25.1 Å². The van der Waals surface area contributed by atoms with Crippen LogP contribution in [0, 0.1) is 11.6 Å². The highest BCUT2D eigenvalue weighted by molar-refractivity contribution is 6.01. The molecule has 2 amide bonds. The fraction of sp³-hybridized carbons (Fsp3) is 0.361. The van der Waals surface area contributed by atoms with Gasteiger partial charge in [0, 0.05) is 48.9 Å². The highest BCUT2D eigenvalue weighted by Crippen LogP contribution is 2.23. The number of hydrogen-bond donors (Lipinski definition) is 3. The van der Waals surface area contributed by atoms with E-state index in [-0.39, 0.29) is 35.9 Å². The zero-order valence-corrected chi connectivity index (χ0v) is 26.6. The van der Waals surface area contributed by atoms with Crippen LogP contribution in [0.15, 0.2) is 77.5 Å². The molecule has 3 aromatic carbocycles. The molecule has 8 nitrogen and oxygen atoms in total. The summed E-state index contributed by atoms with van der Waals surface area (Å²) in [5, 5.41) is 17.3. The number of aromatic nitrogens is 1. The number of halogens is 2. The van der Waals surface area contributed by atoms with Crippen molar-refractivity contribution in [2.75, 3.05) is 19.6 Å². The Bertz CT molecular complexity index is 1570. The number of nitrogens with zero attached hydrogens (tertiary/aromatic N) is 2. The fourth-order valence-corrected chi connectivity index (χ4v) is 5.39. The van der Waals surface area contributed by atoms with Crippen molar-refractivity contribution in [3.8, 4) is 11.5 Å². The van der Waals surface area contributed by atoms with Gasteiger partial charge in [-0.3, -0.25) is 9.59 Å². The maximum Gasteiger partial charge on any atom is 0.253 e. The number of amides is 2. The predicted molar refractivity (Wildman–Crippen MR) is 173 cm³/mol. The van der Waals surface area contributed by atoms with Gasteiger partial charge in [-0.25, -0.2) is 13.8 Å². The van der Waals surface area contributed by atoms with Crippen LogP contribution in [0.25, 0.3) is 11.5 Å². The molecule has 0 fully saturated rings. The number of aliphatic hydroxyl groups is 1. The van der Waals surface area contributed by atoms with Crippen molar-refractivity contribution >= 4 is 11.8 Å². The number of hydrogen-bond acceptors (Lipinski definition) is 6. The molecule has 4 aromatic rings. The minimum absolute atomic E-state index is 0.0411. The molecule has 0 radical (unpaired) electrons. The summed E-state index contributed by atoms with van der Waals surface area (Å²) in [5.41, 5.74) is 3.39. The lowest BCUT2D eigenvalue weighted by molar-refractivity contribution is 0.0755. The number of aryl methyl sites for hydroxylation is 1. The van der Waals surface area contributed by atoms with E-state index in [4.69, 9.17) is 4.42 Å². The minimum Gasteiger partial charge on any atom is -0.445 e. The summed E-state index contributed by atoms with van der Waals surface area (Å²) in [5.74, 6) is -2.07. The average molecular weight is 633 g/mol. The first-order valence-corrected chi connectivity index (χ1v) is 15.8. The van der Waals surface area contributed by atoms with Gasteiger partial charge in [-0.2, -0.15) is 0 Å². The number of carbonyl (C=O) groups excluding carboxylic acids is 2. The number of nitrogens with one attached hydrogen (secondary N) is 2. The first kappa shape index (κ1) is 34.5. The number of aliphatic hydroxyl groups excluding tert-OH is 1. The Morgan fingerprint density at radius 1 is 0.913 bits per heavy atom. The minimum atomic E-state index is -1.12. The van der Waals surface area contributed by atoms with Gasteiger partial charge >= 0.3 is 0 Å². The molecule has 0 aliphatic rings. The van der Waals surface area contributed by atoms with Gasteiger partial charge in [0.15, 0.2) is 0 Å². The standard InChI is InChI=1S/C36H42F2N4O4/c1-4-11-42(12-5-2)36(45)29-19-27(18-28(20-29)35-40-10-13-46-35)34(44)41-32(17-26-15-30(37)21-31(38)16-26)33(43)23-39-22-25-9-7-8-24(6-3)14-25/h7-10,13-16,18-21,32-33,39,43H,4-6,11-12,17,22-23H2,1-3H3,(H,41,44)/t32-,33+/m0/s1. The maximum absolute atomic E-state index is 14.1. The Morgan fingerprint density at radius 3 is 2.26 bits per heavy atom. The summed E-state index contributed by atoms with van der Waals surface area (Å²) in [6.45, 7) is 7.76. The first-order chi connectivity index (χ1) is 22.2. The molecule has 0 unspecified atom stereocenters. The predicted octanol–water partition coefficient (Wildman–Crippen LogP) is 5.94. The second-order valence-electron chi connectivity index (χ2n) is 11.4. The van der Waals surface area contributed by atoms with Gasteiger partial charge in [-0.05, 0) is 72.7 Å². The Labute approximate surface area is 268 Å². The van der Waals surface area contributed by atoms with Crippen LogP contribution in [0.2, 0.25) is 0 Å². The van der Waals surface area contributed by atoms with E-state index < -0.39 is 29.7 Å². The van der Waals surface area contributed by atoms with Crippen molar-refractivity contribution in [1.82, 2.24) is 20.5 Å².